The number of nitrogens with one attached hydrogen (secondary N) is 1. The Kier molecular flexibility index (Phi) is 4.50. The first-order chi connectivity index (χ1) is 12.2. The Labute approximate surface area is 146 Å². The molecule has 0 unspecified atom stereocenters. The maximum atomic E-state index is 12.9. The highest BCUT2D eigenvalue weighted by Gasteiger charge is 2.29. The normalized spacial score (nSPS) is 19.9. The van der Waals surface area contributed by atoms with E-state index < -0.39 is 0 Å². The van der Waals surface area contributed by atoms with Crippen LogP contribution >= 0.6 is 0 Å². The third-order valence-corrected chi connectivity index (χ3v) is 4.65. The van der Waals surface area contributed by atoms with Crippen LogP contribution in [0.25, 0.3) is 0 Å². The molecule has 1 aromatic heterocycles. The van der Waals surface area contributed by atoms with Crippen LogP contribution in [0.15, 0.2) is 18.2 Å². The molecule has 1 fully saturated rings. The van der Waals surface area contributed by atoms with Crippen LogP contribution in [-0.2, 0) is 29.1 Å². The van der Waals surface area contributed by atoms with Gasteiger partial charge in [0.15, 0.2) is 5.82 Å². The van der Waals surface area contributed by atoms with Crippen molar-refractivity contribution < 1.29 is 14.3 Å². The lowest BCUT2D eigenvalue weighted by Crippen LogP contribution is -2.42. The van der Waals surface area contributed by atoms with Gasteiger partial charge in [0.25, 0.3) is 5.91 Å². The molecule has 2 aromatic rings. The Morgan fingerprint density at radius 2 is 2.24 bits per heavy atom. The lowest BCUT2D eigenvalue weighted by Gasteiger charge is -2.31. The van der Waals surface area contributed by atoms with Crippen molar-refractivity contribution in [2.45, 2.75) is 39.1 Å². The van der Waals surface area contributed by atoms with Crippen molar-refractivity contribution in [3.8, 4) is 0 Å². The Morgan fingerprint density at radius 1 is 1.36 bits per heavy atom. The number of H-pyrrole nitrogens is 1. The number of hydrogen-bond donors (Lipinski definition) is 1. The molecular formula is C18H22N4O3. The second kappa shape index (κ2) is 6.93. The zero-order chi connectivity index (χ0) is 17.2. The summed E-state index contributed by atoms with van der Waals surface area (Å²) in [6.45, 7) is 4.85. The summed E-state index contributed by atoms with van der Waals surface area (Å²) in [4.78, 5) is 19.2. The van der Waals surface area contributed by atoms with Crippen molar-refractivity contribution >= 4 is 5.91 Å². The maximum absolute atomic E-state index is 12.9. The maximum Gasteiger partial charge on any atom is 0.254 e. The van der Waals surface area contributed by atoms with Gasteiger partial charge in [-0.2, -0.15) is 5.10 Å². The van der Waals surface area contributed by atoms with Gasteiger partial charge in [-0.3, -0.25) is 9.89 Å². The van der Waals surface area contributed by atoms with Crippen LogP contribution in [0.5, 0.6) is 0 Å². The highest BCUT2D eigenvalue weighted by atomic mass is 16.5. The zero-order valence-electron chi connectivity index (χ0n) is 14.3. The average molecular weight is 342 g/mol. The number of carbonyl (C=O) groups is 1. The molecule has 3 heterocycles. The molecule has 4 rings (SSSR count). The van der Waals surface area contributed by atoms with E-state index in [4.69, 9.17) is 9.47 Å². The number of ether oxygens (including phenoxy) is 2. The van der Waals surface area contributed by atoms with Crippen LogP contribution in [0.3, 0.4) is 0 Å². The molecule has 1 aromatic carbocycles. The van der Waals surface area contributed by atoms with E-state index in [1.807, 2.05) is 23.1 Å². The van der Waals surface area contributed by atoms with Crippen molar-refractivity contribution in [1.29, 1.82) is 0 Å². The molecule has 1 saturated heterocycles. The van der Waals surface area contributed by atoms with Crippen molar-refractivity contribution in [2.75, 3.05) is 19.7 Å². The molecule has 25 heavy (non-hydrogen) atoms. The van der Waals surface area contributed by atoms with E-state index in [1.165, 1.54) is 5.56 Å². The van der Waals surface area contributed by atoms with Crippen LogP contribution in [-0.4, -0.2) is 45.7 Å². The number of carbonyl (C=O) groups excluding carboxylic acids is 1. The first kappa shape index (κ1) is 16.2. The molecule has 7 heteroatoms. The van der Waals surface area contributed by atoms with Crippen molar-refractivity contribution in [1.82, 2.24) is 20.1 Å². The molecule has 1 amide bonds. The number of benzene rings is 1. The van der Waals surface area contributed by atoms with Gasteiger partial charge in [0.05, 0.1) is 26.4 Å². The van der Waals surface area contributed by atoms with Crippen LogP contribution in [0.1, 0.15) is 52.6 Å². The number of rotatable bonds is 4. The van der Waals surface area contributed by atoms with Gasteiger partial charge in [0.1, 0.15) is 11.9 Å². The van der Waals surface area contributed by atoms with E-state index in [1.54, 1.807) is 0 Å². The fourth-order valence-corrected chi connectivity index (χ4v) is 3.28. The number of nitrogens with zero attached hydrogens (tertiary/aromatic N) is 3. The topological polar surface area (TPSA) is 80.3 Å². The number of aromatic nitrogens is 3. The van der Waals surface area contributed by atoms with Gasteiger partial charge in [-0.15, -0.1) is 0 Å². The van der Waals surface area contributed by atoms with E-state index >= 15 is 0 Å². The molecule has 0 radical (unpaired) electrons. The van der Waals surface area contributed by atoms with Crippen LogP contribution in [0, 0.1) is 0 Å². The van der Waals surface area contributed by atoms with E-state index in [-0.39, 0.29) is 12.0 Å². The Balaban J connectivity index is 1.47. The standard InChI is InChI=1S/C18H22N4O3/c1-2-3-16-19-17(21-20-16)15-9-22(6-7-25-15)18(23)12-4-5-13-10-24-11-14(13)8-12/h4-5,8,15H,2-3,6-7,9-11H2,1H3,(H,19,20,21)/t15-/m1/s1. The highest BCUT2D eigenvalue weighted by molar-refractivity contribution is 5.94. The van der Waals surface area contributed by atoms with E-state index in [0.29, 0.717) is 44.3 Å². The molecule has 1 N–H and O–H groups in total. The number of fused-ring (bicyclic) bond motifs is 1. The largest absolute Gasteiger partial charge is 0.372 e. The molecule has 132 valence electrons. The van der Waals surface area contributed by atoms with Crippen molar-refractivity contribution in [3.05, 3.63) is 46.5 Å². The summed E-state index contributed by atoms with van der Waals surface area (Å²) in [6.07, 6.45) is 1.59. The molecule has 2 aliphatic heterocycles. The minimum atomic E-state index is -0.280. The van der Waals surface area contributed by atoms with Crippen LogP contribution in [0.4, 0.5) is 0 Å². The molecule has 7 nitrogen and oxygen atoms in total. The van der Waals surface area contributed by atoms with Crippen molar-refractivity contribution in [3.63, 3.8) is 0 Å². The predicted octanol–water partition coefficient (Wildman–Crippen LogP) is 2.00. The minimum absolute atomic E-state index is 0.0207. The molecule has 0 spiro atoms. The van der Waals surface area contributed by atoms with E-state index in [2.05, 4.69) is 22.1 Å². The second-order valence-corrected chi connectivity index (χ2v) is 6.48. The summed E-state index contributed by atoms with van der Waals surface area (Å²) in [5, 5.41) is 7.21. The number of aryl methyl sites for hydroxylation is 1. The molecule has 0 saturated carbocycles. The van der Waals surface area contributed by atoms with Gasteiger partial charge >= 0.3 is 0 Å². The fraction of sp³-hybridized carbons (Fsp3) is 0.500. The first-order valence-electron chi connectivity index (χ1n) is 8.76. The van der Waals surface area contributed by atoms with E-state index in [9.17, 15) is 4.79 Å². The van der Waals surface area contributed by atoms with Gasteiger partial charge in [0.2, 0.25) is 0 Å². The molecule has 1 atom stereocenters. The Hall–Kier alpha value is -2.25. The number of amides is 1. The number of morpholine rings is 1. The average Bonchev–Trinajstić information content (AvgIpc) is 3.30. The van der Waals surface area contributed by atoms with Crippen molar-refractivity contribution in [2.24, 2.45) is 0 Å². The summed E-state index contributed by atoms with van der Waals surface area (Å²) in [7, 11) is 0. The predicted molar refractivity (Wildman–Crippen MR) is 89.9 cm³/mol. The highest BCUT2D eigenvalue weighted by Crippen LogP contribution is 2.24. The van der Waals surface area contributed by atoms with Gasteiger partial charge in [0, 0.05) is 18.5 Å². The smallest absolute Gasteiger partial charge is 0.254 e. The second-order valence-electron chi connectivity index (χ2n) is 6.48. The lowest BCUT2D eigenvalue weighted by atomic mass is 10.1. The van der Waals surface area contributed by atoms with Crippen LogP contribution in [0.2, 0.25) is 0 Å². The molecule has 2 aliphatic rings. The fourth-order valence-electron chi connectivity index (χ4n) is 3.28. The lowest BCUT2D eigenvalue weighted by molar-refractivity contribution is -0.0266. The van der Waals surface area contributed by atoms with E-state index in [0.717, 1.165) is 24.2 Å². The third-order valence-electron chi connectivity index (χ3n) is 4.65. The van der Waals surface area contributed by atoms with Gasteiger partial charge in [-0.1, -0.05) is 13.0 Å². The Bertz CT molecular complexity index is 773. The SMILES string of the molecule is CCCc1nc([C@H]2CN(C(=O)c3ccc4c(c3)COC4)CCO2)n[nH]1. The monoisotopic (exact) mass is 342 g/mol. The molecule has 0 bridgehead atoms. The molecule has 0 aliphatic carbocycles. The summed E-state index contributed by atoms with van der Waals surface area (Å²) < 4.78 is 11.2. The number of hydrogen-bond acceptors (Lipinski definition) is 5. The van der Waals surface area contributed by atoms with Gasteiger partial charge in [-0.25, -0.2) is 4.98 Å². The minimum Gasteiger partial charge on any atom is -0.372 e. The summed E-state index contributed by atoms with van der Waals surface area (Å²) in [5.41, 5.74) is 2.97. The zero-order valence-corrected chi connectivity index (χ0v) is 14.3. The summed E-state index contributed by atoms with van der Waals surface area (Å²) in [5.74, 6) is 1.51. The van der Waals surface area contributed by atoms with Crippen LogP contribution < -0.4 is 0 Å². The first-order valence-corrected chi connectivity index (χ1v) is 8.76. The van der Waals surface area contributed by atoms with Gasteiger partial charge in [-0.05, 0) is 29.7 Å². The molecular weight excluding hydrogens is 320 g/mol. The summed E-state index contributed by atoms with van der Waals surface area (Å²) >= 11 is 0. The number of aromatic amines is 1. The quantitative estimate of drug-likeness (QED) is 0.919. The third kappa shape index (κ3) is 3.29. The Morgan fingerprint density at radius 3 is 3.12 bits per heavy atom. The summed E-state index contributed by atoms with van der Waals surface area (Å²) in [6, 6.07) is 5.81. The van der Waals surface area contributed by atoms with Gasteiger partial charge < -0.3 is 14.4 Å².